The summed E-state index contributed by atoms with van der Waals surface area (Å²) in [5.74, 6) is 0.770. The number of nitriles is 1. The fourth-order valence-electron chi connectivity index (χ4n) is 3.56. The molecule has 2 aromatic heterocycles. The summed E-state index contributed by atoms with van der Waals surface area (Å²) < 4.78 is 5.07. The molecule has 1 saturated heterocycles. The second-order valence-electron chi connectivity index (χ2n) is 6.50. The van der Waals surface area contributed by atoms with E-state index < -0.39 is 6.09 Å². The normalized spacial score (nSPS) is 16.4. The molecule has 1 fully saturated rings. The third kappa shape index (κ3) is 3.04. The minimum absolute atomic E-state index is 0.221. The van der Waals surface area contributed by atoms with E-state index in [2.05, 4.69) is 16.0 Å². The van der Waals surface area contributed by atoms with Gasteiger partial charge in [-0.05, 0) is 13.0 Å². The van der Waals surface area contributed by atoms with Crippen molar-refractivity contribution >= 4 is 22.8 Å². The Hall–Kier alpha value is -3.60. The number of H-pyrrole nitrogens is 1. The standard InChI is InChI=1S/C19H18N6O2/c1-11-18(25-6-5-13(10-25)27-19(21)26)23-9-16(24-11)15-8-22-17-12(7-20)3-2-4-14(15)17/h2-4,8-9,13,22H,5-6,10H2,1H3,(H2,21,26). The first kappa shape index (κ1) is 16.8. The van der Waals surface area contributed by atoms with E-state index in [1.54, 1.807) is 12.3 Å². The lowest BCUT2D eigenvalue weighted by atomic mass is 10.1. The van der Waals surface area contributed by atoms with E-state index in [0.29, 0.717) is 18.5 Å². The Balaban J connectivity index is 1.64. The van der Waals surface area contributed by atoms with Crippen molar-refractivity contribution in [1.29, 1.82) is 5.26 Å². The molecule has 136 valence electrons. The van der Waals surface area contributed by atoms with Crippen molar-refractivity contribution in [2.24, 2.45) is 5.73 Å². The first-order chi connectivity index (χ1) is 13.1. The average Bonchev–Trinajstić information content (AvgIpc) is 3.27. The van der Waals surface area contributed by atoms with Gasteiger partial charge >= 0.3 is 6.09 Å². The van der Waals surface area contributed by atoms with Gasteiger partial charge in [-0.1, -0.05) is 12.1 Å². The predicted molar refractivity (Wildman–Crippen MR) is 100 cm³/mol. The van der Waals surface area contributed by atoms with Crippen LogP contribution in [0.5, 0.6) is 0 Å². The Morgan fingerprint density at radius 2 is 2.33 bits per heavy atom. The fraction of sp³-hybridized carbons (Fsp3) is 0.263. The van der Waals surface area contributed by atoms with Crippen molar-refractivity contribution in [1.82, 2.24) is 15.0 Å². The summed E-state index contributed by atoms with van der Waals surface area (Å²) in [6.45, 7) is 3.19. The van der Waals surface area contributed by atoms with E-state index in [1.165, 1.54) is 0 Å². The van der Waals surface area contributed by atoms with Crippen LogP contribution in [0.4, 0.5) is 10.6 Å². The molecule has 1 aliphatic heterocycles. The molecule has 8 nitrogen and oxygen atoms in total. The van der Waals surface area contributed by atoms with Crippen LogP contribution in [-0.2, 0) is 4.74 Å². The third-order valence-electron chi connectivity index (χ3n) is 4.76. The number of para-hydroxylation sites is 1. The Bertz CT molecular complexity index is 1070. The van der Waals surface area contributed by atoms with Crippen LogP contribution in [-0.4, -0.2) is 40.2 Å². The number of carbonyl (C=O) groups is 1. The Morgan fingerprint density at radius 1 is 1.48 bits per heavy atom. The number of hydrogen-bond acceptors (Lipinski definition) is 6. The number of ether oxygens (including phenoxy) is 1. The second kappa shape index (κ2) is 6.61. The molecule has 3 N–H and O–H groups in total. The summed E-state index contributed by atoms with van der Waals surface area (Å²) in [5.41, 5.74) is 8.92. The summed E-state index contributed by atoms with van der Waals surface area (Å²) in [7, 11) is 0. The van der Waals surface area contributed by atoms with Crippen molar-refractivity contribution in [2.75, 3.05) is 18.0 Å². The number of anilines is 1. The largest absolute Gasteiger partial charge is 0.444 e. The number of aromatic nitrogens is 3. The number of benzene rings is 1. The van der Waals surface area contributed by atoms with Crippen molar-refractivity contribution < 1.29 is 9.53 Å². The summed E-state index contributed by atoms with van der Waals surface area (Å²) in [4.78, 5) is 25.4. The van der Waals surface area contributed by atoms with Gasteiger partial charge in [0.25, 0.3) is 0 Å². The van der Waals surface area contributed by atoms with Gasteiger partial charge in [0.2, 0.25) is 0 Å². The molecule has 8 heteroatoms. The number of amides is 1. The van der Waals surface area contributed by atoms with Crippen molar-refractivity contribution in [2.45, 2.75) is 19.4 Å². The smallest absolute Gasteiger partial charge is 0.404 e. The molecule has 3 aromatic rings. The summed E-state index contributed by atoms with van der Waals surface area (Å²) >= 11 is 0. The van der Waals surface area contributed by atoms with Crippen LogP contribution in [0, 0.1) is 18.3 Å². The van der Waals surface area contributed by atoms with Crippen LogP contribution in [0.25, 0.3) is 22.2 Å². The number of nitrogens with two attached hydrogens (primary N) is 1. The average molecular weight is 362 g/mol. The molecule has 1 aliphatic rings. The number of hydrogen-bond donors (Lipinski definition) is 2. The Morgan fingerprint density at radius 3 is 3.07 bits per heavy atom. The number of fused-ring (bicyclic) bond motifs is 1. The molecule has 0 spiro atoms. The highest BCUT2D eigenvalue weighted by molar-refractivity contribution is 5.97. The van der Waals surface area contributed by atoms with Gasteiger partial charge in [0.15, 0.2) is 0 Å². The van der Waals surface area contributed by atoms with Gasteiger partial charge in [0.05, 0.1) is 35.2 Å². The topological polar surface area (TPSA) is 121 Å². The van der Waals surface area contributed by atoms with Crippen LogP contribution >= 0.6 is 0 Å². The van der Waals surface area contributed by atoms with E-state index in [4.69, 9.17) is 15.5 Å². The SMILES string of the molecule is Cc1nc(-c2c[nH]c3c(C#N)cccc23)cnc1N1CCC(OC(N)=O)C1. The van der Waals surface area contributed by atoms with Crippen LogP contribution in [0.3, 0.4) is 0 Å². The van der Waals surface area contributed by atoms with Crippen molar-refractivity contribution in [3.63, 3.8) is 0 Å². The maximum Gasteiger partial charge on any atom is 0.404 e. The third-order valence-corrected chi connectivity index (χ3v) is 4.76. The van der Waals surface area contributed by atoms with Crippen molar-refractivity contribution in [3.05, 3.63) is 41.9 Å². The summed E-state index contributed by atoms with van der Waals surface area (Å²) in [5, 5.41) is 10.2. The van der Waals surface area contributed by atoms with Crippen LogP contribution in [0.15, 0.2) is 30.6 Å². The monoisotopic (exact) mass is 362 g/mol. The van der Waals surface area contributed by atoms with Crippen LogP contribution < -0.4 is 10.6 Å². The van der Waals surface area contributed by atoms with Gasteiger partial charge in [-0.3, -0.25) is 0 Å². The van der Waals surface area contributed by atoms with E-state index in [1.807, 2.05) is 30.2 Å². The van der Waals surface area contributed by atoms with Gasteiger partial charge in [0.1, 0.15) is 18.0 Å². The zero-order valence-corrected chi connectivity index (χ0v) is 14.8. The molecule has 1 aromatic carbocycles. The molecule has 1 atom stereocenters. The maximum atomic E-state index is 10.9. The molecule has 0 saturated carbocycles. The highest BCUT2D eigenvalue weighted by Gasteiger charge is 2.27. The molecule has 0 bridgehead atoms. The number of primary amides is 1. The maximum absolute atomic E-state index is 10.9. The number of aryl methyl sites for hydroxylation is 1. The van der Waals surface area contributed by atoms with Crippen LogP contribution in [0.1, 0.15) is 17.7 Å². The Kier molecular flexibility index (Phi) is 4.12. The lowest BCUT2D eigenvalue weighted by Crippen LogP contribution is -2.28. The molecule has 27 heavy (non-hydrogen) atoms. The highest BCUT2D eigenvalue weighted by Crippen LogP contribution is 2.30. The van der Waals surface area contributed by atoms with Gasteiger partial charge in [0, 0.05) is 30.1 Å². The highest BCUT2D eigenvalue weighted by atomic mass is 16.6. The lowest BCUT2D eigenvalue weighted by molar-refractivity contribution is 0.117. The number of aromatic amines is 1. The van der Waals surface area contributed by atoms with E-state index in [0.717, 1.165) is 40.2 Å². The quantitative estimate of drug-likeness (QED) is 0.738. The first-order valence-electron chi connectivity index (χ1n) is 8.62. The Labute approximate surface area is 155 Å². The zero-order valence-electron chi connectivity index (χ0n) is 14.8. The van der Waals surface area contributed by atoms with E-state index in [9.17, 15) is 10.1 Å². The minimum Gasteiger partial charge on any atom is -0.444 e. The molecule has 4 rings (SSSR count). The number of nitrogens with one attached hydrogen (secondary N) is 1. The molecule has 1 unspecified atom stereocenters. The van der Waals surface area contributed by atoms with Crippen molar-refractivity contribution in [3.8, 4) is 17.3 Å². The fourth-order valence-corrected chi connectivity index (χ4v) is 3.56. The first-order valence-corrected chi connectivity index (χ1v) is 8.62. The molecule has 3 heterocycles. The minimum atomic E-state index is -0.754. The second-order valence-corrected chi connectivity index (χ2v) is 6.50. The molecule has 0 aliphatic carbocycles. The molecule has 0 radical (unpaired) electrons. The van der Waals surface area contributed by atoms with Gasteiger partial charge < -0.3 is 20.4 Å². The van der Waals surface area contributed by atoms with E-state index in [-0.39, 0.29) is 6.10 Å². The lowest BCUT2D eigenvalue weighted by Gasteiger charge is -2.19. The number of nitrogens with zero attached hydrogens (tertiary/aromatic N) is 4. The van der Waals surface area contributed by atoms with Gasteiger partial charge in [-0.15, -0.1) is 0 Å². The molecular formula is C19H18N6O2. The molecule has 1 amide bonds. The van der Waals surface area contributed by atoms with Gasteiger partial charge in [-0.25, -0.2) is 14.8 Å². The number of rotatable bonds is 3. The van der Waals surface area contributed by atoms with E-state index >= 15 is 0 Å². The molecular weight excluding hydrogens is 344 g/mol. The number of carbonyl (C=O) groups excluding carboxylic acids is 1. The summed E-state index contributed by atoms with van der Waals surface area (Å²) in [6, 6.07) is 7.78. The zero-order chi connectivity index (χ0) is 19.0. The van der Waals surface area contributed by atoms with Gasteiger partial charge in [-0.2, -0.15) is 5.26 Å². The summed E-state index contributed by atoms with van der Waals surface area (Å²) in [6.07, 6.45) is 3.32. The van der Waals surface area contributed by atoms with Crippen LogP contribution in [0.2, 0.25) is 0 Å². The predicted octanol–water partition coefficient (Wildman–Crippen LogP) is 2.48.